The van der Waals surface area contributed by atoms with Gasteiger partial charge in [0.1, 0.15) is 5.75 Å². The zero-order valence-electron chi connectivity index (χ0n) is 14.9. The molecular weight excluding hydrogens is 342 g/mol. The number of aromatic nitrogens is 3. The van der Waals surface area contributed by atoms with Gasteiger partial charge in [-0.05, 0) is 25.1 Å². The molecule has 6 heteroatoms. The fourth-order valence-electron chi connectivity index (χ4n) is 3.12. The van der Waals surface area contributed by atoms with Crippen LogP contribution < -0.4 is 4.74 Å². The maximum absolute atomic E-state index is 12.0. The number of methoxy groups -OCH3 is 1. The Kier molecular flexibility index (Phi) is 4.08. The number of fused-ring (bicyclic) bond motifs is 1. The van der Waals surface area contributed by atoms with Crippen molar-refractivity contribution in [3.05, 3.63) is 65.7 Å². The molecular formula is C21H17N3O3. The van der Waals surface area contributed by atoms with E-state index < -0.39 is 5.97 Å². The second-order valence-corrected chi connectivity index (χ2v) is 6.22. The zero-order chi connectivity index (χ0) is 19.0. The van der Waals surface area contributed by atoms with Crippen LogP contribution in [0, 0.1) is 6.92 Å². The first-order chi connectivity index (χ1) is 13.1. The molecule has 0 aliphatic heterocycles. The van der Waals surface area contributed by atoms with E-state index in [-0.39, 0.29) is 5.56 Å². The molecule has 4 aromatic rings. The van der Waals surface area contributed by atoms with Crippen LogP contribution in [0.4, 0.5) is 0 Å². The number of benzene rings is 2. The summed E-state index contributed by atoms with van der Waals surface area (Å²) in [6.07, 6.45) is 0. The number of aryl methyl sites for hydroxylation is 1. The second kappa shape index (κ2) is 6.57. The lowest BCUT2D eigenvalue weighted by Gasteiger charge is -2.09. The lowest BCUT2D eigenvalue weighted by Crippen LogP contribution is -2.01. The smallest absolute Gasteiger partial charge is 0.336 e. The number of aromatic carboxylic acids is 1. The average Bonchev–Trinajstić information content (AvgIpc) is 3.11. The summed E-state index contributed by atoms with van der Waals surface area (Å²) in [5.41, 5.74) is 4.33. The van der Waals surface area contributed by atoms with Gasteiger partial charge in [0.25, 0.3) is 0 Å². The fourth-order valence-corrected chi connectivity index (χ4v) is 3.12. The molecule has 0 spiro atoms. The second-order valence-electron chi connectivity index (χ2n) is 6.22. The van der Waals surface area contributed by atoms with Crippen LogP contribution in [-0.4, -0.2) is 33.4 Å². The van der Waals surface area contributed by atoms with Crippen LogP contribution in [0.25, 0.3) is 33.5 Å². The molecule has 2 aromatic heterocycles. The van der Waals surface area contributed by atoms with Crippen LogP contribution >= 0.6 is 0 Å². The van der Waals surface area contributed by atoms with Crippen molar-refractivity contribution in [1.29, 1.82) is 0 Å². The Morgan fingerprint density at radius 2 is 1.85 bits per heavy atom. The van der Waals surface area contributed by atoms with Crippen molar-refractivity contribution in [2.45, 2.75) is 6.92 Å². The van der Waals surface area contributed by atoms with Crippen molar-refractivity contribution < 1.29 is 14.6 Å². The van der Waals surface area contributed by atoms with Gasteiger partial charge in [-0.2, -0.15) is 5.10 Å². The van der Waals surface area contributed by atoms with E-state index in [1.54, 1.807) is 13.2 Å². The Bertz CT molecular complexity index is 1150. The first-order valence-corrected chi connectivity index (χ1v) is 8.41. The summed E-state index contributed by atoms with van der Waals surface area (Å²) in [6.45, 7) is 2.00. The van der Waals surface area contributed by atoms with Crippen LogP contribution in [0.2, 0.25) is 0 Å². The van der Waals surface area contributed by atoms with Gasteiger partial charge in [0, 0.05) is 11.1 Å². The predicted octanol–water partition coefficient (Wildman–Crippen LogP) is 4.31. The van der Waals surface area contributed by atoms with E-state index in [9.17, 15) is 9.90 Å². The van der Waals surface area contributed by atoms with Gasteiger partial charge in [-0.3, -0.25) is 5.10 Å². The normalized spacial score (nSPS) is 10.9. The lowest BCUT2D eigenvalue weighted by atomic mass is 10.0. The number of hydrogen-bond acceptors (Lipinski definition) is 4. The molecule has 27 heavy (non-hydrogen) atoms. The van der Waals surface area contributed by atoms with Crippen LogP contribution in [0.15, 0.2) is 54.6 Å². The van der Waals surface area contributed by atoms with Crippen LogP contribution in [-0.2, 0) is 0 Å². The van der Waals surface area contributed by atoms with Gasteiger partial charge in [-0.25, -0.2) is 9.78 Å². The van der Waals surface area contributed by atoms with E-state index in [0.717, 1.165) is 11.1 Å². The number of ether oxygens (including phenoxy) is 1. The van der Waals surface area contributed by atoms with Gasteiger partial charge in [0.2, 0.25) is 0 Å². The summed E-state index contributed by atoms with van der Waals surface area (Å²) < 4.78 is 5.38. The van der Waals surface area contributed by atoms with Crippen molar-refractivity contribution in [2.24, 2.45) is 0 Å². The average molecular weight is 359 g/mol. The van der Waals surface area contributed by atoms with Gasteiger partial charge in [0.05, 0.1) is 29.4 Å². The molecule has 0 saturated carbocycles. The van der Waals surface area contributed by atoms with Crippen molar-refractivity contribution in [3.63, 3.8) is 0 Å². The molecule has 0 unspecified atom stereocenters. The third-order valence-electron chi connectivity index (χ3n) is 4.48. The van der Waals surface area contributed by atoms with Gasteiger partial charge < -0.3 is 9.84 Å². The Morgan fingerprint density at radius 1 is 1.11 bits per heavy atom. The Morgan fingerprint density at radius 3 is 2.56 bits per heavy atom. The standard InChI is InChI=1S/C21H17N3O3/c1-12-7-9-13(10-8-12)19-18-15(21(25)26)11-16(22-20(18)24-23-19)14-5-3-4-6-17(14)27-2/h3-11H,1-2H3,(H,25,26)(H,22,23,24). The highest BCUT2D eigenvalue weighted by atomic mass is 16.5. The highest BCUT2D eigenvalue weighted by Crippen LogP contribution is 2.34. The molecule has 0 amide bonds. The third kappa shape index (κ3) is 2.91. The summed E-state index contributed by atoms with van der Waals surface area (Å²) in [5, 5.41) is 17.5. The van der Waals surface area contributed by atoms with E-state index in [1.165, 1.54) is 0 Å². The van der Waals surface area contributed by atoms with Crippen molar-refractivity contribution in [2.75, 3.05) is 7.11 Å². The summed E-state index contributed by atoms with van der Waals surface area (Å²) in [7, 11) is 1.57. The monoisotopic (exact) mass is 359 g/mol. The first-order valence-electron chi connectivity index (χ1n) is 8.41. The van der Waals surface area contributed by atoms with Crippen molar-refractivity contribution in [1.82, 2.24) is 15.2 Å². The minimum atomic E-state index is -1.03. The highest BCUT2D eigenvalue weighted by Gasteiger charge is 2.20. The fraction of sp³-hybridized carbons (Fsp3) is 0.0952. The van der Waals surface area contributed by atoms with E-state index >= 15 is 0 Å². The van der Waals surface area contributed by atoms with Gasteiger partial charge in [-0.1, -0.05) is 42.0 Å². The first kappa shape index (κ1) is 16.8. The summed E-state index contributed by atoms with van der Waals surface area (Å²) >= 11 is 0. The number of rotatable bonds is 4. The Labute approximate surface area is 155 Å². The molecule has 2 heterocycles. The maximum atomic E-state index is 12.0. The topological polar surface area (TPSA) is 88.1 Å². The van der Waals surface area contributed by atoms with Crippen molar-refractivity contribution in [3.8, 4) is 28.3 Å². The zero-order valence-corrected chi connectivity index (χ0v) is 14.9. The van der Waals surface area contributed by atoms with Gasteiger partial charge >= 0.3 is 5.97 Å². The predicted molar refractivity (Wildman–Crippen MR) is 103 cm³/mol. The van der Waals surface area contributed by atoms with E-state index in [4.69, 9.17) is 4.74 Å². The number of pyridine rings is 1. The van der Waals surface area contributed by atoms with Crippen LogP contribution in [0.1, 0.15) is 15.9 Å². The Balaban J connectivity index is 1.97. The van der Waals surface area contributed by atoms with Crippen LogP contribution in [0.3, 0.4) is 0 Å². The molecule has 0 saturated heterocycles. The number of H-pyrrole nitrogens is 1. The number of carboxylic acids is 1. The highest BCUT2D eigenvalue weighted by molar-refractivity contribution is 6.08. The van der Waals surface area contributed by atoms with Crippen LogP contribution in [0.5, 0.6) is 5.75 Å². The molecule has 4 rings (SSSR count). The van der Waals surface area contributed by atoms with Gasteiger partial charge in [0.15, 0.2) is 5.65 Å². The molecule has 0 radical (unpaired) electrons. The third-order valence-corrected chi connectivity index (χ3v) is 4.48. The number of aromatic amines is 1. The Hall–Kier alpha value is -3.67. The molecule has 134 valence electrons. The summed E-state index contributed by atoms with van der Waals surface area (Å²) in [5.74, 6) is -0.414. The van der Waals surface area contributed by atoms with Gasteiger partial charge in [-0.15, -0.1) is 0 Å². The molecule has 0 aliphatic rings. The number of carbonyl (C=O) groups is 1. The molecule has 6 nitrogen and oxygen atoms in total. The number of para-hydroxylation sites is 1. The number of hydrogen-bond donors (Lipinski definition) is 2. The summed E-state index contributed by atoms with van der Waals surface area (Å²) in [6, 6.07) is 16.7. The molecule has 0 aliphatic carbocycles. The molecule has 2 N–H and O–H groups in total. The van der Waals surface area contributed by atoms with E-state index in [0.29, 0.717) is 33.7 Å². The SMILES string of the molecule is COc1ccccc1-c1cc(C(=O)O)c2c(-c3ccc(C)cc3)[nH]nc2n1. The maximum Gasteiger partial charge on any atom is 0.336 e. The quantitative estimate of drug-likeness (QED) is 0.567. The molecule has 0 atom stereocenters. The number of nitrogens with one attached hydrogen (secondary N) is 1. The van der Waals surface area contributed by atoms with Crippen molar-refractivity contribution >= 4 is 17.0 Å². The largest absolute Gasteiger partial charge is 0.496 e. The lowest BCUT2D eigenvalue weighted by molar-refractivity contribution is 0.0699. The minimum absolute atomic E-state index is 0.144. The molecule has 2 aromatic carbocycles. The number of carboxylic acid groups (broad SMARTS) is 1. The summed E-state index contributed by atoms with van der Waals surface area (Å²) in [4.78, 5) is 16.6. The van der Waals surface area contributed by atoms with E-state index in [2.05, 4.69) is 15.2 Å². The number of nitrogens with zero attached hydrogens (tertiary/aromatic N) is 2. The molecule has 0 fully saturated rings. The minimum Gasteiger partial charge on any atom is -0.496 e. The molecule has 0 bridgehead atoms. The van der Waals surface area contributed by atoms with E-state index in [1.807, 2.05) is 55.5 Å².